The Balaban J connectivity index is 1.70. The first kappa shape index (κ1) is 64.0. The maximum absolute atomic E-state index is 15.2. The van der Waals surface area contributed by atoms with Crippen LogP contribution in [-0.4, -0.2) is 201 Å². The van der Waals surface area contributed by atoms with Gasteiger partial charge in [-0.1, -0.05) is 33.6 Å². The molecule has 0 radical (unpaired) electrons. The number of nitrogens with zero attached hydrogens (tertiary/aromatic N) is 1. The number of benzene rings is 1. The summed E-state index contributed by atoms with van der Waals surface area (Å²) >= 11 is -0.986. The highest BCUT2D eigenvalue weighted by molar-refractivity contribution is 7.98. The highest BCUT2D eigenvalue weighted by Crippen LogP contribution is 2.37. The smallest absolute Gasteiger partial charge is 0.246 e. The average molecular weight is 1150 g/mol. The number of β-amino-alcohol motifs (C(OH)–C–C–N with tert-alkyl or cyclic N) is 1. The molecule has 28 nitrogen and oxygen atoms in total. The molecular weight excluding hydrogens is 1080 g/mol. The molecule has 2 unspecified atom stereocenters. The van der Waals surface area contributed by atoms with E-state index < -0.39 is 176 Å². The Kier molecular flexibility index (Phi) is 24.8. The summed E-state index contributed by atoms with van der Waals surface area (Å²) in [5.74, 6) is -4.66. The molecule has 30 heteroatoms. The second kappa shape index (κ2) is 30.7. The van der Waals surface area contributed by atoms with Crippen LogP contribution in [0.5, 0.6) is 5.75 Å². The number of amides is 9. The van der Waals surface area contributed by atoms with Crippen molar-refractivity contribution in [2.45, 2.75) is 138 Å². The third-order valence-electron chi connectivity index (χ3n) is 14.1. The number of aromatic nitrogens is 1. The highest BCUT2D eigenvalue weighted by atomic mass is 32.2. The number of unbranched alkanes of at least 4 members (excludes halogenated alkanes) is 2. The van der Waals surface area contributed by atoms with Crippen molar-refractivity contribution in [1.29, 1.82) is 0 Å². The van der Waals surface area contributed by atoms with Crippen molar-refractivity contribution in [2.24, 2.45) is 23.5 Å². The lowest BCUT2D eigenvalue weighted by atomic mass is 9.93. The number of ether oxygens (including phenoxy) is 1. The lowest BCUT2D eigenvalue weighted by molar-refractivity contribution is -0.144. The Bertz CT molecular complexity index is 2490. The number of fused-ring (bicyclic) bond motifs is 5. The number of aliphatic hydroxyl groups is 4. The minimum Gasteiger partial charge on any atom is -0.610 e. The standard InChI is InChI=1S/C49H76N12O16S2/c1-5-24(2)40-46(72)54-18-38(67)55-32-23-79(75)48-28(27-10-11-35(76-4)29(42(27)60-48)22-78-14-12-52-37(66)9-7-6-8-13-77-51)16-30(43(69)53-19-39(68)58-40)56-47(73)41(25(3)34(64)21-62)59-45(71)33-15-26(63)20-61(33)49(74)31(17-36(50)65)57-44(32)70/h10-11,24-26,30-34,38,40-41,55,60,62-64,67H,5-9,12-23,51H2,1-4H3,(H2,50,65)(H,52,66)(H,53,69)(H,54,72)(H,56,73)(H,57,70)(H,58,68)(H,59,71)/t24-,25-,26+,30-,31-,32-,33-,34-,38?,40-,41-,79?/m0/s1. The fourth-order valence-corrected chi connectivity index (χ4v) is 11.7. The molecule has 12 atom stereocenters. The number of methoxy groups -OCH3 is 1. The summed E-state index contributed by atoms with van der Waals surface area (Å²) in [5, 5.41) is 64.2. The molecule has 1 fully saturated rings. The van der Waals surface area contributed by atoms with Crippen molar-refractivity contribution in [3.63, 3.8) is 0 Å². The van der Waals surface area contributed by atoms with E-state index in [0.717, 1.165) is 11.3 Å². The highest BCUT2D eigenvalue weighted by Gasteiger charge is 2.45. The largest absolute Gasteiger partial charge is 0.610 e. The van der Waals surface area contributed by atoms with E-state index >= 15 is 4.55 Å². The van der Waals surface area contributed by atoms with Gasteiger partial charge in [0.15, 0.2) is 0 Å². The zero-order chi connectivity index (χ0) is 58.1. The van der Waals surface area contributed by atoms with Gasteiger partial charge >= 0.3 is 0 Å². The molecule has 79 heavy (non-hydrogen) atoms. The summed E-state index contributed by atoms with van der Waals surface area (Å²) in [7, 11) is 1.43. The maximum atomic E-state index is 15.2. The molecule has 0 spiro atoms. The van der Waals surface area contributed by atoms with E-state index in [9.17, 15) is 63.6 Å². The van der Waals surface area contributed by atoms with Gasteiger partial charge in [0, 0.05) is 77.5 Å². The molecule has 2 aromatic rings. The van der Waals surface area contributed by atoms with E-state index in [1.165, 1.54) is 25.8 Å². The van der Waals surface area contributed by atoms with Crippen LogP contribution in [0.2, 0.25) is 0 Å². The molecule has 1 saturated heterocycles. The molecule has 5 rings (SSSR count). The van der Waals surface area contributed by atoms with Crippen LogP contribution in [0.25, 0.3) is 10.9 Å². The first-order valence-corrected chi connectivity index (χ1v) is 28.6. The van der Waals surface area contributed by atoms with E-state index in [0.29, 0.717) is 66.8 Å². The van der Waals surface area contributed by atoms with Gasteiger partial charge in [-0.3, -0.25) is 48.5 Å². The average Bonchev–Trinajstić information content (AvgIpc) is 4.11. The monoisotopic (exact) mass is 1150 g/mol. The van der Waals surface area contributed by atoms with Crippen LogP contribution < -0.4 is 58.9 Å². The molecule has 4 heterocycles. The Labute approximate surface area is 463 Å². The summed E-state index contributed by atoms with van der Waals surface area (Å²) in [6.07, 6.45) is -3.81. The number of hydrogen-bond donors (Lipinski definition) is 15. The molecular formula is C49H76N12O16S2. The lowest BCUT2D eigenvalue weighted by Crippen LogP contribution is -2.62. The first-order chi connectivity index (χ1) is 37.6. The number of primary amides is 1. The predicted octanol–water partition coefficient (Wildman–Crippen LogP) is -5.03. The Morgan fingerprint density at radius 1 is 0.949 bits per heavy atom. The van der Waals surface area contributed by atoms with Gasteiger partial charge in [-0.15, -0.1) is 0 Å². The second-order valence-electron chi connectivity index (χ2n) is 19.8. The number of aromatic amines is 1. The van der Waals surface area contributed by atoms with Crippen LogP contribution in [0.1, 0.15) is 76.8 Å². The Morgan fingerprint density at radius 3 is 2.38 bits per heavy atom. The van der Waals surface area contributed by atoms with Crippen molar-refractivity contribution >= 4 is 87.0 Å². The topological polar surface area (TPSA) is 443 Å². The third kappa shape index (κ3) is 17.6. The van der Waals surface area contributed by atoms with E-state index in [1.54, 1.807) is 26.0 Å². The maximum Gasteiger partial charge on any atom is 0.246 e. The van der Waals surface area contributed by atoms with E-state index in [4.69, 9.17) is 16.4 Å². The number of carbonyl (C=O) groups is 9. The molecule has 2 bridgehead atoms. The van der Waals surface area contributed by atoms with Gasteiger partial charge in [-0.2, -0.15) is 11.8 Å². The molecule has 440 valence electrons. The minimum absolute atomic E-state index is 0.113. The number of nitrogens with one attached hydrogen (secondary N) is 9. The van der Waals surface area contributed by atoms with Crippen molar-refractivity contribution in [1.82, 2.24) is 52.4 Å². The van der Waals surface area contributed by atoms with Gasteiger partial charge in [0.05, 0.1) is 57.6 Å². The quantitative estimate of drug-likeness (QED) is 0.0356. The van der Waals surface area contributed by atoms with Crippen molar-refractivity contribution in [2.75, 3.05) is 58.0 Å². The number of H-pyrrole nitrogens is 1. The van der Waals surface area contributed by atoms with Crippen LogP contribution in [0.3, 0.4) is 0 Å². The molecule has 0 aliphatic carbocycles. The molecule has 3 aliphatic rings. The summed E-state index contributed by atoms with van der Waals surface area (Å²) in [6.45, 7) is 2.68. The van der Waals surface area contributed by atoms with Crippen molar-refractivity contribution < 1.29 is 77.7 Å². The van der Waals surface area contributed by atoms with E-state index in [2.05, 4.69) is 52.4 Å². The van der Waals surface area contributed by atoms with Crippen LogP contribution in [0, 0.1) is 11.8 Å². The normalized spacial score (nSPS) is 26.3. The number of hydrogen-bond acceptors (Lipinski definition) is 19. The number of nitrogens with two attached hydrogens (primary N) is 2. The van der Waals surface area contributed by atoms with Gasteiger partial charge in [-0.05, 0) is 30.9 Å². The fourth-order valence-electron chi connectivity index (χ4n) is 9.42. The van der Waals surface area contributed by atoms with Gasteiger partial charge in [0.2, 0.25) is 58.2 Å². The molecule has 3 aliphatic heterocycles. The zero-order valence-electron chi connectivity index (χ0n) is 44.6. The van der Waals surface area contributed by atoms with Gasteiger partial charge < -0.3 is 87.4 Å². The fraction of sp³-hybridized carbons (Fsp3) is 0.653. The number of carbonyl (C=O) groups excluding carboxylic acids is 9. The van der Waals surface area contributed by atoms with Crippen LogP contribution in [0.15, 0.2) is 17.2 Å². The summed E-state index contributed by atoms with van der Waals surface area (Å²) < 4.78 is 21.0. The van der Waals surface area contributed by atoms with Crippen LogP contribution in [0.4, 0.5) is 0 Å². The van der Waals surface area contributed by atoms with E-state index in [-0.39, 0.29) is 22.2 Å². The second-order valence-corrected chi connectivity index (χ2v) is 22.4. The molecule has 1 aromatic carbocycles. The zero-order valence-corrected chi connectivity index (χ0v) is 46.3. The summed E-state index contributed by atoms with van der Waals surface area (Å²) in [5.41, 5.74) is 6.58. The van der Waals surface area contributed by atoms with Gasteiger partial charge in [-0.25, -0.2) is 5.90 Å². The molecule has 9 amide bonds. The van der Waals surface area contributed by atoms with Crippen molar-refractivity contribution in [3.05, 3.63) is 23.3 Å². The van der Waals surface area contributed by atoms with Gasteiger partial charge in [0.25, 0.3) is 0 Å². The van der Waals surface area contributed by atoms with Gasteiger partial charge in [0.1, 0.15) is 54.0 Å². The van der Waals surface area contributed by atoms with Crippen LogP contribution in [-0.2, 0) is 71.3 Å². The van der Waals surface area contributed by atoms with Crippen LogP contribution >= 0.6 is 11.8 Å². The number of rotatable bonds is 19. The Morgan fingerprint density at radius 2 is 1.70 bits per heavy atom. The van der Waals surface area contributed by atoms with E-state index in [1.807, 2.05) is 0 Å². The molecule has 0 saturated carbocycles. The SMILES string of the molecule is CC[C@H](C)[C@@H]1NC(=O)CNC(=O)[C@@H]2Cc3c([nH]c4c(CSCCNC(=O)CCCCCON)c(OC)ccc34)[S+]([O-])C[C@H](NC(O)CNC1=O)C(=O)N[C@@H](CC(N)=O)C(=O)N1C[C@H](O)C[C@H]1C(=O)N[C@@H]([C@@H](C)[C@@H](O)CO)C(=O)N2. The van der Waals surface area contributed by atoms with Crippen molar-refractivity contribution in [3.8, 4) is 5.75 Å². The summed E-state index contributed by atoms with van der Waals surface area (Å²) in [6, 6.07) is -6.70. The lowest BCUT2D eigenvalue weighted by Gasteiger charge is -2.33. The third-order valence-corrected chi connectivity index (χ3v) is 16.5. The number of aliphatic hydroxyl groups excluding tert-OH is 4. The molecule has 17 N–H and O–H groups in total. The minimum atomic E-state index is -2.40. The summed E-state index contributed by atoms with van der Waals surface area (Å²) in [4.78, 5) is 134. The predicted molar refractivity (Wildman–Crippen MR) is 286 cm³/mol. The Hall–Kier alpha value is -5.83. The first-order valence-electron chi connectivity index (χ1n) is 26.1. The molecule has 1 aromatic heterocycles. The number of thioether (sulfide) groups is 1.